The molecule has 1 aliphatic rings. The second kappa shape index (κ2) is 8.67. The van der Waals surface area contributed by atoms with Gasteiger partial charge in [0.2, 0.25) is 0 Å². The zero-order chi connectivity index (χ0) is 17.5. The minimum absolute atomic E-state index is 0.00694. The van der Waals surface area contributed by atoms with E-state index < -0.39 is 0 Å². The third kappa shape index (κ3) is 5.33. The standard InChI is InChI=1S/C21H26N2O2/c1-17-7-9-20(10-8-17)22-21(24)23-13-11-19(12-14-23)16-25-15-18-5-3-2-4-6-18/h2-10,19H,11-16H2,1H3,(H,22,24). The minimum Gasteiger partial charge on any atom is -0.376 e. The molecule has 1 N–H and O–H groups in total. The molecule has 1 fully saturated rings. The molecule has 1 aliphatic heterocycles. The predicted octanol–water partition coefficient (Wildman–Crippen LogP) is 4.46. The van der Waals surface area contributed by atoms with Gasteiger partial charge in [-0.25, -0.2) is 4.79 Å². The lowest BCUT2D eigenvalue weighted by atomic mass is 9.98. The van der Waals surface area contributed by atoms with Crippen molar-refractivity contribution in [3.8, 4) is 0 Å². The van der Waals surface area contributed by atoms with Gasteiger partial charge < -0.3 is 15.0 Å². The van der Waals surface area contributed by atoms with E-state index in [9.17, 15) is 4.79 Å². The molecule has 2 amide bonds. The Balaban J connectivity index is 1.37. The number of amides is 2. The van der Waals surface area contributed by atoms with E-state index in [-0.39, 0.29) is 6.03 Å². The average Bonchev–Trinajstić information content (AvgIpc) is 2.65. The molecular weight excluding hydrogens is 312 g/mol. The number of hydrogen-bond donors (Lipinski definition) is 1. The van der Waals surface area contributed by atoms with Crippen molar-refractivity contribution in [1.82, 2.24) is 4.90 Å². The molecule has 0 bridgehead atoms. The predicted molar refractivity (Wildman–Crippen MR) is 101 cm³/mol. The molecule has 0 aromatic heterocycles. The monoisotopic (exact) mass is 338 g/mol. The number of urea groups is 1. The lowest BCUT2D eigenvalue weighted by molar-refractivity contribution is 0.0640. The molecular formula is C21H26N2O2. The Labute approximate surface area is 149 Å². The summed E-state index contributed by atoms with van der Waals surface area (Å²) in [7, 11) is 0. The molecule has 25 heavy (non-hydrogen) atoms. The van der Waals surface area contributed by atoms with Gasteiger partial charge in [-0.3, -0.25) is 0 Å². The third-order valence-corrected chi connectivity index (χ3v) is 4.67. The summed E-state index contributed by atoms with van der Waals surface area (Å²) in [6.07, 6.45) is 1.99. The lowest BCUT2D eigenvalue weighted by Gasteiger charge is -2.31. The maximum atomic E-state index is 12.3. The molecule has 2 aromatic carbocycles. The summed E-state index contributed by atoms with van der Waals surface area (Å²) in [6, 6.07) is 18.1. The SMILES string of the molecule is Cc1ccc(NC(=O)N2CCC(COCc3ccccc3)CC2)cc1. The number of aryl methyl sites for hydroxylation is 1. The molecule has 0 atom stereocenters. The van der Waals surface area contributed by atoms with Gasteiger partial charge in [0.15, 0.2) is 0 Å². The van der Waals surface area contributed by atoms with Gasteiger partial charge in [0.05, 0.1) is 6.61 Å². The van der Waals surface area contributed by atoms with Gasteiger partial charge in [0.25, 0.3) is 0 Å². The van der Waals surface area contributed by atoms with Gasteiger partial charge in [-0.15, -0.1) is 0 Å². The number of carbonyl (C=O) groups is 1. The van der Waals surface area contributed by atoms with Gasteiger partial charge in [0, 0.05) is 25.4 Å². The molecule has 0 radical (unpaired) electrons. The smallest absolute Gasteiger partial charge is 0.321 e. The van der Waals surface area contributed by atoms with Crippen molar-refractivity contribution in [3.63, 3.8) is 0 Å². The van der Waals surface area contributed by atoms with E-state index in [1.54, 1.807) is 0 Å². The van der Waals surface area contributed by atoms with Crippen molar-refractivity contribution < 1.29 is 9.53 Å². The molecule has 4 nitrogen and oxygen atoms in total. The van der Waals surface area contributed by atoms with Crippen molar-refractivity contribution in [1.29, 1.82) is 0 Å². The second-order valence-electron chi connectivity index (χ2n) is 6.73. The fraction of sp³-hybridized carbons (Fsp3) is 0.381. The molecule has 1 saturated heterocycles. The van der Waals surface area contributed by atoms with Gasteiger partial charge in [0.1, 0.15) is 0 Å². The van der Waals surface area contributed by atoms with Crippen LogP contribution in [0.2, 0.25) is 0 Å². The summed E-state index contributed by atoms with van der Waals surface area (Å²) in [5.41, 5.74) is 3.25. The van der Waals surface area contributed by atoms with Crippen LogP contribution in [0.15, 0.2) is 54.6 Å². The normalized spacial score (nSPS) is 15.2. The molecule has 4 heteroatoms. The second-order valence-corrected chi connectivity index (χ2v) is 6.73. The number of hydrogen-bond acceptors (Lipinski definition) is 2. The molecule has 0 unspecified atom stereocenters. The molecule has 0 saturated carbocycles. The van der Waals surface area contributed by atoms with E-state index >= 15 is 0 Å². The van der Waals surface area contributed by atoms with Crippen molar-refractivity contribution in [3.05, 3.63) is 65.7 Å². The zero-order valence-electron chi connectivity index (χ0n) is 14.8. The molecule has 132 valence electrons. The first-order valence-corrected chi connectivity index (χ1v) is 8.95. The highest BCUT2D eigenvalue weighted by Crippen LogP contribution is 2.19. The first kappa shape index (κ1) is 17.5. The summed E-state index contributed by atoms with van der Waals surface area (Å²) in [5.74, 6) is 0.534. The van der Waals surface area contributed by atoms with E-state index in [1.807, 2.05) is 54.3 Å². The molecule has 0 aliphatic carbocycles. The quantitative estimate of drug-likeness (QED) is 0.875. The summed E-state index contributed by atoms with van der Waals surface area (Å²) >= 11 is 0. The number of carbonyl (C=O) groups excluding carboxylic acids is 1. The Morgan fingerprint density at radius 2 is 1.76 bits per heavy atom. The Kier molecular flexibility index (Phi) is 6.07. The van der Waals surface area contributed by atoms with E-state index in [0.29, 0.717) is 12.5 Å². The van der Waals surface area contributed by atoms with Crippen molar-refractivity contribution in [2.75, 3.05) is 25.0 Å². The van der Waals surface area contributed by atoms with Crippen LogP contribution < -0.4 is 5.32 Å². The molecule has 3 rings (SSSR count). The average molecular weight is 338 g/mol. The number of anilines is 1. The van der Waals surface area contributed by atoms with Gasteiger partial charge >= 0.3 is 6.03 Å². The van der Waals surface area contributed by atoms with Crippen LogP contribution in [0.3, 0.4) is 0 Å². The minimum atomic E-state index is -0.00694. The summed E-state index contributed by atoms with van der Waals surface area (Å²) in [4.78, 5) is 14.2. The van der Waals surface area contributed by atoms with Crippen molar-refractivity contribution in [2.45, 2.75) is 26.4 Å². The van der Waals surface area contributed by atoms with Crippen LogP contribution in [0.5, 0.6) is 0 Å². The van der Waals surface area contributed by atoms with Crippen LogP contribution in [-0.4, -0.2) is 30.6 Å². The number of nitrogens with zero attached hydrogens (tertiary/aromatic N) is 1. The van der Waals surface area contributed by atoms with E-state index in [2.05, 4.69) is 17.4 Å². The number of piperidine rings is 1. The molecule has 2 aromatic rings. The first-order chi connectivity index (χ1) is 12.2. The number of rotatable bonds is 5. The van der Waals surface area contributed by atoms with Gasteiger partial charge in [-0.2, -0.15) is 0 Å². The largest absolute Gasteiger partial charge is 0.376 e. The van der Waals surface area contributed by atoms with Gasteiger partial charge in [-0.1, -0.05) is 48.0 Å². The Morgan fingerprint density at radius 1 is 1.08 bits per heavy atom. The molecule has 0 spiro atoms. The van der Waals surface area contributed by atoms with Crippen LogP contribution in [-0.2, 0) is 11.3 Å². The highest BCUT2D eigenvalue weighted by atomic mass is 16.5. The van der Waals surface area contributed by atoms with E-state index in [4.69, 9.17) is 4.74 Å². The van der Waals surface area contributed by atoms with Crippen LogP contribution in [0.25, 0.3) is 0 Å². The first-order valence-electron chi connectivity index (χ1n) is 8.95. The maximum absolute atomic E-state index is 12.3. The van der Waals surface area contributed by atoms with Crippen LogP contribution in [0, 0.1) is 12.8 Å². The summed E-state index contributed by atoms with van der Waals surface area (Å²) in [5, 5.41) is 2.97. The zero-order valence-corrected chi connectivity index (χ0v) is 14.8. The van der Waals surface area contributed by atoms with Crippen molar-refractivity contribution >= 4 is 11.7 Å². The third-order valence-electron chi connectivity index (χ3n) is 4.67. The fourth-order valence-corrected chi connectivity index (χ4v) is 3.06. The summed E-state index contributed by atoms with van der Waals surface area (Å²) in [6.45, 7) is 5.04. The number of benzene rings is 2. The number of nitrogens with one attached hydrogen (secondary N) is 1. The van der Waals surface area contributed by atoms with Crippen LogP contribution in [0.4, 0.5) is 10.5 Å². The highest BCUT2D eigenvalue weighted by Gasteiger charge is 2.22. The van der Waals surface area contributed by atoms with Crippen LogP contribution >= 0.6 is 0 Å². The fourth-order valence-electron chi connectivity index (χ4n) is 3.06. The molecule has 1 heterocycles. The number of likely N-dealkylation sites (tertiary alicyclic amines) is 1. The number of ether oxygens (including phenoxy) is 1. The Bertz CT molecular complexity index is 662. The van der Waals surface area contributed by atoms with Crippen LogP contribution in [0.1, 0.15) is 24.0 Å². The Morgan fingerprint density at radius 3 is 2.44 bits per heavy atom. The van der Waals surface area contributed by atoms with Gasteiger partial charge in [-0.05, 0) is 43.4 Å². The van der Waals surface area contributed by atoms with Crippen molar-refractivity contribution in [2.24, 2.45) is 5.92 Å². The topological polar surface area (TPSA) is 41.6 Å². The van der Waals surface area contributed by atoms with E-state index in [0.717, 1.165) is 38.2 Å². The highest BCUT2D eigenvalue weighted by molar-refractivity contribution is 5.89. The Hall–Kier alpha value is -2.33. The summed E-state index contributed by atoms with van der Waals surface area (Å²) < 4.78 is 5.84. The maximum Gasteiger partial charge on any atom is 0.321 e. The lowest BCUT2D eigenvalue weighted by Crippen LogP contribution is -2.41. The van der Waals surface area contributed by atoms with E-state index in [1.165, 1.54) is 11.1 Å².